The summed E-state index contributed by atoms with van der Waals surface area (Å²) >= 11 is 0. The van der Waals surface area contributed by atoms with Crippen LogP contribution in [0.15, 0.2) is 24.3 Å². The third-order valence-electron chi connectivity index (χ3n) is 3.17. The zero-order chi connectivity index (χ0) is 12.2. The average molecular weight is 234 g/mol. The maximum Gasteiger partial charge on any atom is 0.120 e. The van der Waals surface area contributed by atoms with Gasteiger partial charge in [0.05, 0.1) is 8.07 Å². The van der Waals surface area contributed by atoms with E-state index in [2.05, 4.69) is 50.8 Å². The molecule has 2 heteroatoms. The fourth-order valence-electron chi connectivity index (χ4n) is 2.07. The molecule has 1 aromatic rings. The van der Waals surface area contributed by atoms with Gasteiger partial charge in [-0.15, -0.1) is 0 Å². The van der Waals surface area contributed by atoms with E-state index < -0.39 is 8.07 Å². The first-order valence-corrected chi connectivity index (χ1v) is 9.59. The van der Waals surface area contributed by atoms with Crippen molar-refractivity contribution in [2.45, 2.75) is 44.9 Å². The molecule has 0 heterocycles. The molecule has 1 unspecified atom stereocenters. The molecule has 16 heavy (non-hydrogen) atoms. The molecule has 0 bridgehead atoms. The summed E-state index contributed by atoms with van der Waals surface area (Å²) in [5.41, 5.74) is 3.16. The Balaban J connectivity index is 2.97. The second-order valence-corrected chi connectivity index (χ2v) is 10.8. The van der Waals surface area contributed by atoms with E-state index >= 15 is 0 Å². The quantitative estimate of drug-likeness (QED) is 0.559. The summed E-state index contributed by atoms with van der Waals surface area (Å²) in [5.74, 6) is 0. The van der Waals surface area contributed by atoms with Crippen molar-refractivity contribution in [1.82, 2.24) is 0 Å². The minimum absolute atomic E-state index is 0.455. The Hall–Kier alpha value is -0.893. The lowest BCUT2D eigenvalue weighted by Crippen LogP contribution is -2.31. The van der Waals surface area contributed by atoms with Crippen LogP contribution in [0.1, 0.15) is 30.0 Å². The smallest absolute Gasteiger partial charge is 0.120 e. The van der Waals surface area contributed by atoms with E-state index in [-0.39, 0.29) is 0 Å². The zero-order valence-corrected chi connectivity index (χ0v) is 11.8. The van der Waals surface area contributed by atoms with Crippen molar-refractivity contribution < 1.29 is 4.79 Å². The first-order valence-electron chi connectivity index (χ1n) is 6.01. The van der Waals surface area contributed by atoms with Gasteiger partial charge < -0.3 is 4.79 Å². The molecule has 1 nitrogen and oxygen atoms in total. The van der Waals surface area contributed by atoms with Crippen LogP contribution in [0.3, 0.4) is 0 Å². The minimum Gasteiger partial charge on any atom is -0.303 e. The number of rotatable bonds is 5. The van der Waals surface area contributed by atoms with Gasteiger partial charge in [-0.2, -0.15) is 0 Å². The second kappa shape index (κ2) is 5.44. The summed E-state index contributed by atoms with van der Waals surface area (Å²) < 4.78 is 0. The SMILES string of the molecule is CCc1ccc(C(CC=O)[Si](C)(C)C)cc1. The number of aldehydes is 1. The van der Waals surface area contributed by atoms with Crippen molar-refractivity contribution in [3.63, 3.8) is 0 Å². The third-order valence-corrected chi connectivity index (χ3v) is 5.83. The Bertz CT molecular complexity index is 335. The molecule has 0 aliphatic carbocycles. The molecule has 1 aromatic carbocycles. The van der Waals surface area contributed by atoms with Crippen molar-refractivity contribution in [2.75, 3.05) is 0 Å². The molecule has 0 N–H and O–H groups in total. The molecule has 0 amide bonds. The van der Waals surface area contributed by atoms with Crippen molar-refractivity contribution in [1.29, 1.82) is 0 Å². The summed E-state index contributed by atoms with van der Waals surface area (Å²) in [6.07, 6.45) is 2.81. The van der Waals surface area contributed by atoms with Crippen LogP contribution in [0.5, 0.6) is 0 Å². The fourth-order valence-corrected chi connectivity index (χ4v) is 4.07. The first-order chi connectivity index (χ1) is 7.49. The lowest BCUT2D eigenvalue weighted by atomic mass is 10.1. The molecule has 0 saturated heterocycles. The minimum atomic E-state index is -1.31. The predicted octanol–water partition coefficient (Wildman–Crippen LogP) is 3.80. The highest BCUT2D eigenvalue weighted by Crippen LogP contribution is 2.29. The molecule has 0 aromatic heterocycles. The van der Waals surface area contributed by atoms with Gasteiger partial charge in [0.2, 0.25) is 0 Å². The Morgan fingerprint density at radius 1 is 1.19 bits per heavy atom. The monoisotopic (exact) mass is 234 g/mol. The largest absolute Gasteiger partial charge is 0.303 e. The van der Waals surface area contributed by atoms with Crippen LogP contribution in [-0.4, -0.2) is 14.4 Å². The highest BCUT2D eigenvalue weighted by Gasteiger charge is 2.27. The zero-order valence-electron chi connectivity index (χ0n) is 10.8. The van der Waals surface area contributed by atoms with Crippen LogP contribution < -0.4 is 0 Å². The molecule has 88 valence electrons. The molecule has 0 spiro atoms. The van der Waals surface area contributed by atoms with Gasteiger partial charge >= 0.3 is 0 Å². The number of hydrogen-bond donors (Lipinski definition) is 0. The van der Waals surface area contributed by atoms with Gasteiger partial charge in [-0.25, -0.2) is 0 Å². The van der Waals surface area contributed by atoms with Crippen LogP contribution in [0.25, 0.3) is 0 Å². The molecule has 0 fully saturated rings. The Kier molecular flexibility index (Phi) is 4.48. The number of benzene rings is 1. The number of carbonyl (C=O) groups excluding carboxylic acids is 1. The van der Waals surface area contributed by atoms with Gasteiger partial charge in [-0.05, 0) is 23.1 Å². The van der Waals surface area contributed by atoms with Gasteiger partial charge in [0.1, 0.15) is 6.29 Å². The molecule has 0 saturated carbocycles. The molecule has 1 atom stereocenters. The topological polar surface area (TPSA) is 17.1 Å². The molecule has 0 aliphatic heterocycles. The maximum atomic E-state index is 10.8. The van der Waals surface area contributed by atoms with E-state index in [0.717, 1.165) is 12.7 Å². The standard InChI is InChI=1S/C14H22OSi/c1-5-12-6-8-13(9-7-12)14(10-11-15)16(2,3)4/h6-9,11,14H,5,10H2,1-4H3. The van der Waals surface area contributed by atoms with E-state index in [4.69, 9.17) is 0 Å². The van der Waals surface area contributed by atoms with Gasteiger partial charge in [-0.1, -0.05) is 50.8 Å². The third kappa shape index (κ3) is 3.31. The van der Waals surface area contributed by atoms with E-state index in [9.17, 15) is 4.79 Å². The maximum absolute atomic E-state index is 10.8. The average Bonchev–Trinajstić information content (AvgIpc) is 2.25. The molecule has 0 aliphatic rings. The van der Waals surface area contributed by atoms with Crippen LogP contribution >= 0.6 is 0 Å². The van der Waals surface area contributed by atoms with Gasteiger partial charge in [0.15, 0.2) is 0 Å². The molecule has 0 radical (unpaired) electrons. The highest BCUT2D eigenvalue weighted by atomic mass is 28.3. The number of carbonyl (C=O) groups is 1. The van der Waals surface area contributed by atoms with Crippen molar-refractivity contribution in [3.05, 3.63) is 35.4 Å². The van der Waals surface area contributed by atoms with E-state index in [1.807, 2.05) is 0 Å². The van der Waals surface area contributed by atoms with E-state index in [1.54, 1.807) is 0 Å². The van der Waals surface area contributed by atoms with E-state index in [0.29, 0.717) is 12.0 Å². The summed E-state index contributed by atoms with van der Waals surface area (Å²) in [7, 11) is -1.31. The van der Waals surface area contributed by atoms with Crippen LogP contribution in [-0.2, 0) is 11.2 Å². The summed E-state index contributed by atoms with van der Waals surface area (Å²) in [4.78, 5) is 10.8. The van der Waals surface area contributed by atoms with Gasteiger partial charge in [-0.3, -0.25) is 0 Å². The number of hydrogen-bond acceptors (Lipinski definition) is 1. The normalized spacial score (nSPS) is 13.5. The van der Waals surface area contributed by atoms with Crippen molar-refractivity contribution in [2.24, 2.45) is 0 Å². The molecule has 1 rings (SSSR count). The van der Waals surface area contributed by atoms with Gasteiger partial charge in [0, 0.05) is 6.42 Å². The highest BCUT2D eigenvalue weighted by molar-refractivity contribution is 6.77. The molecular weight excluding hydrogens is 212 g/mol. The van der Waals surface area contributed by atoms with Crippen LogP contribution in [0, 0.1) is 0 Å². The van der Waals surface area contributed by atoms with E-state index in [1.165, 1.54) is 11.1 Å². The van der Waals surface area contributed by atoms with Crippen LogP contribution in [0.2, 0.25) is 19.6 Å². The second-order valence-electron chi connectivity index (χ2n) is 5.42. The summed E-state index contributed by atoms with van der Waals surface area (Å²) in [6.45, 7) is 9.15. The summed E-state index contributed by atoms with van der Waals surface area (Å²) in [5, 5.41) is 0. The van der Waals surface area contributed by atoms with Crippen LogP contribution in [0.4, 0.5) is 0 Å². The lowest BCUT2D eigenvalue weighted by Gasteiger charge is -2.28. The predicted molar refractivity (Wildman–Crippen MR) is 72.6 cm³/mol. The van der Waals surface area contributed by atoms with Crippen molar-refractivity contribution >= 4 is 14.4 Å². The summed E-state index contributed by atoms with van der Waals surface area (Å²) in [6, 6.07) is 8.77. The Morgan fingerprint density at radius 2 is 1.75 bits per heavy atom. The van der Waals surface area contributed by atoms with Gasteiger partial charge in [0.25, 0.3) is 0 Å². The molecular formula is C14H22OSi. The lowest BCUT2D eigenvalue weighted by molar-refractivity contribution is -0.107. The van der Waals surface area contributed by atoms with Crippen molar-refractivity contribution in [3.8, 4) is 0 Å². The Labute approximate surface area is 99.9 Å². The number of aryl methyl sites for hydroxylation is 1. The fraction of sp³-hybridized carbons (Fsp3) is 0.500. The Morgan fingerprint density at radius 3 is 2.12 bits per heavy atom. The first kappa shape index (κ1) is 13.2.